The molecule has 140 valence electrons. The zero-order chi connectivity index (χ0) is 18.4. The average Bonchev–Trinajstić information content (AvgIpc) is 2.46. The maximum atomic E-state index is 11.8. The van der Waals surface area contributed by atoms with Crippen LogP contribution in [0, 0.1) is 0 Å². The fourth-order valence-electron chi connectivity index (χ4n) is 2.91. The number of piperidine rings is 1. The lowest BCUT2D eigenvalue weighted by Gasteiger charge is -2.37. The highest BCUT2D eigenvalue weighted by Crippen LogP contribution is 2.33. The van der Waals surface area contributed by atoms with Gasteiger partial charge in [-0.15, -0.1) is 9.42 Å². The fourth-order valence-corrected chi connectivity index (χ4v) is 3.56. The zero-order valence-corrected chi connectivity index (χ0v) is 16.4. The molecule has 7 nitrogen and oxygen atoms in total. The van der Waals surface area contributed by atoms with E-state index in [2.05, 4.69) is 10.2 Å². The number of hydrogen-bond acceptors (Lipinski definition) is 5. The summed E-state index contributed by atoms with van der Waals surface area (Å²) in [6.45, 7) is 11.7. The van der Waals surface area contributed by atoms with Crippen LogP contribution >= 0.6 is 8.25 Å². The second kappa shape index (κ2) is 9.09. The second-order valence-corrected chi connectivity index (χ2v) is 8.07. The Bertz CT molecular complexity index is 427. The summed E-state index contributed by atoms with van der Waals surface area (Å²) in [5.74, 6) is 0. The SMILES string of the molecule is CCC(CC)(CN1CCC(NC(=O)OC(C)(C)C)CC1)O[P+](=O)O. The third kappa shape index (κ3) is 7.43. The molecule has 0 aromatic carbocycles. The van der Waals surface area contributed by atoms with Gasteiger partial charge in [0.2, 0.25) is 0 Å². The van der Waals surface area contributed by atoms with Gasteiger partial charge < -0.3 is 15.0 Å². The van der Waals surface area contributed by atoms with Gasteiger partial charge in [0.15, 0.2) is 0 Å². The van der Waals surface area contributed by atoms with Crippen LogP contribution < -0.4 is 5.32 Å². The van der Waals surface area contributed by atoms with Crippen molar-refractivity contribution in [2.75, 3.05) is 19.6 Å². The minimum absolute atomic E-state index is 0.101. The molecule has 0 bridgehead atoms. The highest BCUT2D eigenvalue weighted by Gasteiger charge is 2.39. The van der Waals surface area contributed by atoms with E-state index < -0.39 is 19.5 Å². The molecule has 8 heteroatoms. The van der Waals surface area contributed by atoms with Gasteiger partial charge in [-0.05, 0) is 46.5 Å². The van der Waals surface area contributed by atoms with Crippen LogP contribution in [0.5, 0.6) is 0 Å². The van der Waals surface area contributed by atoms with Crippen LogP contribution in [-0.2, 0) is 13.8 Å². The van der Waals surface area contributed by atoms with Crippen LogP contribution in [0.25, 0.3) is 0 Å². The van der Waals surface area contributed by atoms with Crippen molar-refractivity contribution in [1.29, 1.82) is 0 Å². The number of alkyl carbamates (subject to hydrolysis) is 1. The van der Waals surface area contributed by atoms with Crippen molar-refractivity contribution in [3.05, 3.63) is 0 Å². The van der Waals surface area contributed by atoms with Gasteiger partial charge in [0.25, 0.3) is 0 Å². The highest BCUT2D eigenvalue weighted by molar-refractivity contribution is 7.32. The summed E-state index contributed by atoms with van der Waals surface area (Å²) < 4.78 is 21.7. The molecule has 0 saturated carbocycles. The number of likely N-dealkylation sites (tertiary alicyclic amines) is 1. The van der Waals surface area contributed by atoms with E-state index in [4.69, 9.17) is 14.2 Å². The molecule has 1 amide bonds. The smallest absolute Gasteiger partial charge is 0.444 e. The summed E-state index contributed by atoms with van der Waals surface area (Å²) in [4.78, 5) is 23.2. The first-order valence-electron chi connectivity index (χ1n) is 8.66. The first-order valence-corrected chi connectivity index (χ1v) is 9.79. The number of hydrogen-bond donors (Lipinski definition) is 2. The Hall–Kier alpha value is -0.750. The molecular formula is C16H32N2O5P+. The Balaban J connectivity index is 2.47. The number of nitrogens with one attached hydrogen (secondary N) is 1. The van der Waals surface area contributed by atoms with Gasteiger partial charge in [0, 0.05) is 30.2 Å². The van der Waals surface area contributed by atoms with E-state index in [-0.39, 0.29) is 12.1 Å². The fraction of sp³-hybridized carbons (Fsp3) is 0.938. The Morgan fingerprint density at radius 2 is 1.79 bits per heavy atom. The molecule has 1 rings (SSSR count). The number of rotatable bonds is 7. The maximum absolute atomic E-state index is 11.8. The molecule has 1 aliphatic heterocycles. The molecule has 1 aliphatic rings. The predicted molar refractivity (Wildman–Crippen MR) is 93.1 cm³/mol. The van der Waals surface area contributed by atoms with Gasteiger partial charge in [-0.3, -0.25) is 0 Å². The molecule has 0 aromatic heterocycles. The van der Waals surface area contributed by atoms with E-state index >= 15 is 0 Å². The lowest BCUT2D eigenvalue weighted by molar-refractivity contribution is 0.00864. The van der Waals surface area contributed by atoms with Gasteiger partial charge in [0.1, 0.15) is 11.2 Å². The molecule has 0 aromatic rings. The van der Waals surface area contributed by atoms with Crippen LogP contribution in [0.4, 0.5) is 4.79 Å². The van der Waals surface area contributed by atoms with Gasteiger partial charge in [-0.25, -0.2) is 4.79 Å². The third-order valence-corrected chi connectivity index (χ3v) is 4.92. The molecule has 0 radical (unpaired) electrons. The monoisotopic (exact) mass is 363 g/mol. The predicted octanol–water partition coefficient (Wildman–Crippen LogP) is 3.20. The largest absolute Gasteiger partial charge is 0.695 e. The Labute approximate surface area is 146 Å². The minimum Gasteiger partial charge on any atom is -0.444 e. The van der Waals surface area contributed by atoms with Gasteiger partial charge in [-0.2, -0.15) is 0 Å². The van der Waals surface area contributed by atoms with Crippen LogP contribution in [0.15, 0.2) is 0 Å². The van der Waals surface area contributed by atoms with Crippen molar-refractivity contribution in [3.8, 4) is 0 Å². The summed E-state index contributed by atoms with van der Waals surface area (Å²) in [5, 5.41) is 2.91. The second-order valence-electron chi connectivity index (χ2n) is 7.42. The van der Waals surface area contributed by atoms with Crippen molar-refractivity contribution in [1.82, 2.24) is 10.2 Å². The van der Waals surface area contributed by atoms with Crippen molar-refractivity contribution >= 4 is 14.3 Å². The molecule has 0 spiro atoms. The van der Waals surface area contributed by atoms with Gasteiger partial charge in [0.05, 0.1) is 0 Å². The first kappa shape index (κ1) is 21.3. The van der Waals surface area contributed by atoms with Crippen LogP contribution in [0.2, 0.25) is 0 Å². The number of nitrogens with zero attached hydrogens (tertiary/aromatic N) is 1. The standard InChI is InChI=1S/C16H31N2O5P/c1-6-16(7-2,23-24(20)21)12-18-10-8-13(9-11-18)17-14(19)22-15(3,4)5/h13H,6-12H2,1-5H3,(H-,17,19,20,21)/p+1. The normalized spacial score (nSPS) is 18.3. The van der Waals surface area contributed by atoms with Gasteiger partial charge in [-0.1, -0.05) is 13.8 Å². The molecule has 1 atom stereocenters. The summed E-state index contributed by atoms with van der Waals surface area (Å²) in [5.41, 5.74) is -1.08. The summed E-state index contributed by atoms with van der Waals surface area (Å²) in [7, 11) is -2.61. The van der Waals surface area contributed by atoms with Crippen LogP contribution in [0.3, 0.4) is 0 Å². The Morgan fingerprint density at radius 3 is 2.21 bits per heavy atom. The lowest BCUT2D eigenvalue weighted by Crippen LogP contribution is -2.50. The van der Waals surface area contributed by atoms with Gasteiger partial charge >= 0.3 is 14.3 Å². The van der Waals surface area contributed by atoms with Crippen molar-refractivity contribution in [3.63, 3.8) is 0 Å². The van der Waals surface area contributed by atoms with Crippen LogP contribution in [0.1, 0.15) is 60.3 Å². The van der Waals surface area contributed by atoms with E-state index in [0.29, 0.717) is 19.4 Å². The Morgan fingerprint density at radius 1 is 1.25 bits per heavy atom. The van der Waals surface area contributed by atoms with E-state index in [0.717, 1.165) is 25.9 Å². The van der Waals surface area contributed by atoms with E-state index in [1.54, 1.807) is 0 Å². The lowest BCUT2D eigenvalue weighted by atomic mass is 9.95. The summed E-state index contributed by atoms with van der Waals surface area (Å²) in [6, 6.07) is 0.101. The van der Waals surface area contributed by atoms with Crippen molar-refractivity contribution in [2.45, 2.75) is 77.5 Å². The summed E-state index contributed by atoms with van der Waals surface area (Å²) in [6.07, 6.45) is 2.64. The summed E-state index contributed by atoms with van der Waals surface area (Å²) >= 11 is 0. The van der Waals surface area contributed by atoms with E-state index in [9.17, 15) is 9.36 Å². The average molecular weight is 363 g/mol. The Kier molecular flexibility index (Phi) is 8.06. The highest BCUT2D eigenvalue weighted by atomic mass is 31.1. The number of ether oxygens (including phenoxy) is 1. The topological polar surface area (TPSA) is 88.1 Å². The molecule has 24 heavy (non-hydrogen) atoms. The first-order chi connectivity index (χ1) is 11.1. The number of carbonyl (C=O) groups excluding carboxylic acids is 1. The maximum Gasteiger partial charge on any atom is 0.695 e. The molecule has 1 unspecified atom stereocenters. The van der Waals surface area contributed by atoms with Crippen molar-refractivity contribution in [2.24, 2.45) is 0 Å². The van der Waals surface area contributed by atoms with E-state index in [1.807, 2.05) is 34.6 Å². The molecule has 1 fully saturated rings. The molecule has 2 N–H and O–H groups in total. The molecule has 1 saturated heterocycles. The molecular weight excluding hydrogens is 331 g/mol. The quantitative estimate of drug-likeness (QED) is 0.676. The number of carbonyl (C=O) groups is 1. The van der Waals surface area contributed by atoms with E-state index in [1.165, 1.54) is 0 Å². The third-order valence-electron chi connectivity index (χ3n) is 4.38. The van der Waals surface area contributed by atoms with Crippen molar-refractivity contribution < 1.29 is 23.5 Å². The molecule has 0 aliphatic carbocycles. The van der Waals surface area contributed by atoms with Crippen LogP contribution in [-0.4, -0.2) is 52.8 Å². The zero-order valence-electron chi connectivity index (χ0n) is 15.5. The molecule has 1 heterocycles. The number of amides is 1. The minimum atomic E-state index is -2.61.